The summed E-state index contributed by atoms with van der Waals surface area (Å²) in [5, 5.41) is 14.7. The molecule has 0 radical (unpaired) electrons. The molecule has 43 heavy (non-hydrogen) atoms. The number of primary sulfonamides is 1. The van der Waals surface area contributed by atoms with E-state index in [0.717, 1.165) is 16.3 Å². The van der Waals surface area contributed by atoms with Crippen molar-refractivity contribution in [2.24, 2.45) is 5.14 Å². The van der Waals surface area contributed by atoms with Gasteiger partial charge in [0.05, 0.1) is 29.5 Å². The van der Waals surface area contributed by atoms with Crippen LogP contribution in [0, 0.1) is 0 Å². The third-order valence-corrected chi connectivity index (χ3v) is 9.96. The zero-order valence-corrected chi connectivity index (χ0v) is 25.3. The van der Waals surface area contributed by atoms with E-state index < -0.39 is 29.3 Å². The zero-order chi connectivity index (χ0) is 30.6. The largest absolute Gasteiger partial charge is 0.357 e. The van der Waals surface area contributed by atoms with Crippen molar-refractivity contribution in [3.63, 3.8) is 0 Å². The maximum Gasteiger partial charge on any atom is 0.357 e. The Hall–Kier alpha value is -4.12. The summed E-state index contributed by atoms with van der Waals surface area (Å²) in [5.41, 5.74) is 2.48. The maximum atomic E-state index is 13.9. The summed E-state index contributed by atoms with van der Waals surface area (Å²) in [4.78, 5) is 13.8. The van der Waals surface area contributed by atoms with Crippen molar-refractivity contribution in [2.45, 2.75) is 24.5 Å². The lowest BCUT2D eigenvalue weighted by Gasteiger charge is -2.27. The number of fused-ring (bicyclic) bond motifs is 1. The first-order valence-corrected chi connectivity index (χ1v) is 16.8. The molecule has 5 rings (SSSR count). The van der Waals surface area contributed by atoms with Crippen molar-refractivity contribution >= 4 is 34.3 Å². The van der Waals surface area contributed by atoms with Gasteiger partial charge in [-0.1, -0.05) is 72.8 Å². The molecule has 1 unspecified atom stereocenters. The SMILES string of the molecule is CCOP(=O)(OCC)C(NC(=O)c1cc(-c2cccc3ccccc23)n(-c2ccc(S(N)(=O)=O)cc2)n1)c1ccccc1. The molecule has 4 aromatic carbocycles. The minimum atomic E-state index is -3.91. The van der Waals surface area contributed by atoms with Gasteiger partial charge in [0.1, 0.15) is 0 Å². The molecule has 0 aliphatic rings. The second-order valence-electron chi connectivity index (χ2n) is 9.55. The predicted molar refractivity (Wildman–Crippen MR) is 165 cm³/mol. The topological polar surface area (TPSA) is 143 Å². The maximum absolute atomic E-state index is 13.9. The number of amides is 1. The van der Waals surface area contributed by atoms with Gasteiger partial charge in [-0.05, 0) is 60.5 Å². The van der Waals surface area contributed by atoms with Crippen LogP contribution in [0.4, 0.5) is 0 Å². The van der Waals surface area contributed by atoms with Crippen molar-refractivity contribution in [3.05, 3.63) is 114 Å². The molecular formula is C31H31N4O6PS. The normalized spacial score (nSPS) is 12.7. The van der Waals surface area contributed by atoms with Crippen LogP contribution in [-0.4, -0.2) is 37.3 Å². The summed E-state index contributed by atoms with van der Waals surface area (Å²) in [5.74, 6) is -1.70. The summed E-state index contributed by atoms with van der Waals surface area (Å²) in [6, 6.07) is 30.0. The molecular weight excluding hydrogens is 587 g/mol. The first-order valence-electron chi connectivity index (χ1n) is 13.6. The third kappa shape index (κ3) is 6.46. The van der Waals surface area contributed by atoms with Crippen LogP contribution >= 0.6 is 7.60 Å². The number of carbonyl (C=O) groups is 1. The monoisotopic (exact) mass is 618 g/mol. The van der Waals surface area contributed by atoms with E-state index in [-0.39, 0.29) is 23.8 Å². The van der Waals surface area contributed by atoms with Gasteiger partial charge < -0.3 is 14.4 Å². The number of benzene rings is 4. The van der Waals surface area contributed by atoms with Crippen molar-refractivity contribution in [2.75, 3.05) is 13.2 Å². The standard InChI is InChI=1S/C31H31N4O6PS/c1-3-40-42(37,41-4-2)31(23-12-6-5-7-13-23)33-30(36)28-21-29(27-16-10-14-22-11-8-9-15-26(22)27)35(34-28)24-17-19-25(20-18-24)43(32,38)39/h5-21,31H,3-4H2,1-2H3,(H,33,36)(H2,32,38,39). The highest BCUT2D eigenvalue weighted by atomic mass is 32.2. The van der Waals surface area contributed by atoms with E-state index in [1.54, 1.807) is 61.0 Å². The summed E-state index contributed by atoms with van der Waals surface area (Å²) in [6.07, 6.45) is 0. The van der Waals surface area contributed by atoms with Gasteiger partial charge in [-0.3, -0.25) is 9.36 Å². The second-order valence-corrected chi connectivity index (χ2v) is 13.2. The number of nitrogens with two attached hydrogens (primary N) is 1. The number of nitrogens with one attached hydrogen (secondary N) is 1. The van der Waals surface area contributed by atoms with Crippen molar-refractivity contribution < 1.29 is 26.8 Å². The van der Waals surface area contributed by atoms with Crippen molar-refractivity contribution in [1.82, 2.24) is 15.1 Å². The van der Waals surface area contributed by atoms with Crippen molar-refractivity contribution in [1.29, 1.82) is 0 Å². The zero-order valence-electron chi connectivity index (χ0n) is 23.6. The summed E-state index contributed by atoms with van der Waals surface area (Å²) < 4.78 is 50.4. The average molecular weight is 619 g/mol. The number of nitrogens with zero attached hydrogens (tertiary/aromatic N) is 2. The van der Waals surface area contributed by atoms with Crippen LogP contribution in [0.2, 0.25) is 0 Å². The first-order chi connectivity index (χ1) is 20.6. The lowest BCUT2D eigenvalue weighted by atomic mass is 10.0. The van der Waals surface area contributed by atoms with Gasteiger partial charge >= 0.3 is 7.60 Å². The smallest absolute Gasteiger partial charge is 0.333 e. The van der Waals surface area contributed by atoms with Crippen LogP contribution < -0.4 is 10.5 Å². The fraction of sp³-hybridized carbons (Fsp3) is 0.161. The van der Waals surface area contributed by atoms with Gasteiger partial charge in [-0.2, -0.15) is 5.10 Å². The minimum absolute atomic E-state index is 0.0407. The number of sulfonamides is 1. The molecule has 3 N–H and O–H groups in total. The first kappa shape index (κ1) is 30.3. The molecule has 222 valence electrons. The molecule has 0 fully saturated rings. The van der Waals surface area contributed by atoms with E-state index in [0.29, 0.717) is 16.9 Å². The average Bonchev–Trinajstić information content (AvgIpc) is 3.45. The van der Waals surface area contributed by atoms with Crippen LogP contribution in [0.15, 0.2) is 108 Å². The Labute approximate surface area is 250 Å². The van der Waals surface area contributed by atoms with Crippen LogP contribution in [0.3, 0.4) is 0 Å². The molecule has 5 aromatic rings. The summed E-state index contributed by atoms with van der Waals surface area (Å²) in [7, 11) is -7.74. The molecule has 10 nitrogen and oxygen atoms in total. The molecule has 0 saturated heterocycles. The molecule has 0 bridgehead atoms. The van der Waals surface area contributed by atoms with Crippen LogP contribution in [-0.2, 0) is 23.6 Å². The van der Waals surface area contributed by atoms with Crippen LogP contribution in [0.5, 0.6) is 0 Å². The predicted octanol–water partition coefficient (Wildman–Crippen LogP) is 6.03. The molecule has 0 spiro atoms. The summed E-state index contributed by atoms with van der Waals surface area (Å²) in [6.45, 7) is 3.64. The second kappa shape index (κ2) is 12.6. The van der Waals surface area contributed by atoms with Crippen LogP contribution in [0.1, 0.15) is 35.7 Å². The molecule has 0 aliphatic carbocycles. The highest BCUT2D eigenvalue weighted by Gasteiger charge is 2.38. The molecule has 12 heteroatoms. The van der Waals surface area contributed by atoms with Crippen LogP contribution in [0.25, 0.3) is 27.7 Å². The molecule has 1 atom stereocenters. The van der Waals surface area contributed by atoms with Gasteiger partial charge in [-0.15, -0.1) is 0 Å². The fourth-order valence-corrected chi connectivity index (χ4v) is 7.25. The number of aromatic nitrogens is 2. The Morgan fingerprint density at radius 2 is 1.53 bits per heavy atom. The van der Waals surface area contributed by atoms with E-state index in [1.165, 1.54) is 12.1 Å². The van der Waals surface area contributed by atoms with E-state index >= 15 is 0 Å². The van der Waals surface area contributed by atoms with E-state index in [2.05, 4.69) is 10.4 Å². The Morgan fingerprint density at radius 3 is 2.19 bits per heavy atom. The third-order valence-electron chi connectivity index (χ3n) is 6.73. The highest BCUT2D eigenvalue weighted by Crippen LogP contribution is 2.59. The lowest BCUT2D eigenvalue weighted by molar-refractivity contribution is 0.0931. The number of rotatable bonds is 11. The molecule has 1 heterocycles. The Balaban J connectivity index is 1.63. The van der Waals surface area contributed by atoms with Crippen molar-refractivity contribution in [3.8, 4) is 16.9 Å². The molecule has 0 saturated carbocycles. The van der Waals surface area contributed by atoms with E-state index in [1.807, 2.05) is 48.5 Å². The van der Waals surface area contributed by atoms with Gasteiger partial charge in [0.25, 0.3) is 5.91 Å². The fourth-order valence-electron chi connectivity index (χ4n) is 4.83. The molecule has 1 amide bonds. The van der Waals surface area contributed by atoms with Gasteiger partial charge in [0.15, 0.2) is 11.5 Å². The number of hydrogen-bond donors (Lipinski definition) is 2. The van der Waals surface area contributed by atoms with Gasteiger partial charge in [0, 0.05) is 5.56 Å². The van der Waals surface area contributed by atoms with E-state index in [4.69, 9.17) is 14.2 Å². The number of hydrogen-bond acceptors (Lipinski definition) is 7. The number of carbonyl (C=O) groups excluding carboxylic acids is 1. The Bertz CT molecular complexity index is 1890. The minimum Gasteiger partial charge on any atom is -0.333 e. The quantitative estimate of drug-likeness (QED) is 0.172. The summed E-state index contributed by atoms with van der Waals surface area (Å²) >= 11 is 0. The Morgan fingerprint density at radius 1 is 0.907 bits per heavy atom. The lowest BCUT2D eigenvalue weighted by Crippen LogP contribution is -2.30. The van der Waals surface area contributed by atoms with Gasteiger partial charge in [-0.25, -0.2) is 18.2 Å². The van der Waals surface area contributed by atoms with E-state index in [9.17, 15) is 17.8 Å². The Kier molecular flexibility index (Phi) is 8.91. The highest BCUT2D eigenvalue weighted by molar-refractivity contribution is 7.89. The van der Waals surface area contributed by atoms with Gasteiger partial charge in [0.2, 0.25) is 10.0 Å². The molecule has 1 aromatic heterocycles. The molecule has 0 aliphatic heterocycles.